The number of aromatic amines is 1. The number of benzene rings is 2. The maximum atomic E-state index is 14.6. The monoisotopic (exact) mass is 677 g/mol. The molecule has 4 aromatic rings. The number of halogens is 2. The molecule has 2 aromatic heterocycles. The molecule has 262 valence electrons. The van der Waals surface area contributed by atoms with E-state index in [0.29, 0.717) is 41.4 Å². The van der Waals surface area contributed by atoms with Gasteiger partial charge in [-0.15, -0.1) is 0 Å². The number of carbonyl (C=O) groups excluding carboxylic acids is 1. The highest BCUT2D eigenvalue weighted by Crippen LogP contribution is 2.32. The van der Waals surface area contributed by atoms with E-state index >= 15 is 0 Å². The Labute approximate surface area is 284 Å². The number of nitrogens with zero attached hydrogens (tertiary/aromatic N) is 2. The summed E-state index contributed by atoms with van der Waals surface area (Å²) in [4.78, 5) is 33.3. The number of hydrogen-bond acceptors (Lipinski definition) is 8. The maximum Gasteiger partial charge on any atom is 0.412 e. The fourth-order valence-corrected chi connectivity index (χ4v) is 6.35. The number of aliphatic hydroxyl groups is 1. The lowest BCUT2D eigenvalue weighted by molar-refractivity contribution is 0.0584. The molecule has 12 heteroatoms. The number of anilines is 1. The first kappa shape index (κ1) is 35.9. The smallest absolute Gasteiger partial charge is 0.412 e. The van der Waals surface area contributed by atoms with Gasteiger partial charge in [0.05, 0.1) is 17.3 Å². The average molecular weight is 678 g/mol. The number of H-pyrrole nitrogens is 1. The minimum atomic E-state index is -0.877. The highest BCUT2D eigenvalue weighted by Gasteiger charge is 2.24. The first-order valence-electron chi connectivity index (χ1n) is 17.1. The van der Waals surface area contributed by atoms with Gasteiger partial charge in [-0.1, -0.05) is 44.2 Å². The van der Waals surface area contributed by atoms with Crippen LogP contribution in [0.5, 0.6) is 5.75 Å². The summed E-state index contributed by atoms with van der Waals surface area (Å²) in [6, 6.07) is 11.4. The molecule has 0 aliphatic carbocycles. The molecule has 5 N–H and O–H groups in total. The van der Waals surface area contributed by atoms with E-state index < -0.39 is 23.8 Å². The van der Waals surface area contributed by atoms with Gasteiger partial charge in [0, 0.05) is 60.7 Å². The molecule has 0 saturated carbocycles. The summed E-state index contributed by atoms with van der Waals surface area (Å²) in [5.74, 6) is -1.64. The van der Waals surface area contributed by atoms with Gasteiger partial charge in [0.15, 0.2) is 0 Å². The van der Waals surface area contributed by atoms with Gasteiger partial charge in [0.1, 0.15) is 23.5 Å². The number of phenols is 1. The molecule has 3 heterocycles. The maximum absolute atomic E-state index is 14.6. The number of unbranched alkanes of at least 4 members (excludes halogenated alkanes) is 6. The van der Waals surface area contributed by atoms with Crippen LogP contribution in [0.3, 0.4) is 0 Å². The van der Waals surface area contributed by atoms with Crippen molar-refractivity contribution in [3.63, 3.8) is 0 Å². The molecule has 2 aromatic carbocycles. The minimum absolute atomic E-state index is 0.0205. The third-order valence-corrected chi connectivity index (χ3v) is 8.99. The van der Waals surface area contributed by atoms with E-state index in [1.54, 1.807) is 30.5 Å². The molecule has 1 aliphatic heterocycles. The second kappa shape index (κ2) is 17.8. The van der Waals surface area contributed by atoms with Crippen LogP contribution in [-0.4, -0.2) is 70.0 Å². The van der Waals surface area contributed by atoms with Crippen molar-refractivity contribution in [1.29, 1.82) is 0 Å². The number of aromatic nitrogens is 2. The van der Waals surface area contributed by atoms with Crippen LogP contribution in [-0.2, 0) is 4.74 Å². The first-order chi connectivity index (χ1) is 23.8. The van der Waals surface area contributed by atoms with Crippen molar-refractivity contribution >= 4 is 22.7 Å². The van der Waals surface area contributed by atoms with Gasteiger partial charge in [0.2, 0.25) is 5.56 Å². The predicted octanol–water partition coefficient (Wildman–Crippen LogP) is 6.64. The minimum Gasteiger partial charge on any atom is -0.506 e. The normalized spacial score (nSPS) is 14.6. The second-order valence-electron chi connectivity index (χ2n) is 12.6. The van der Waals surface area contributed by atoms with Gasteiger partial charge in [0.25, 0.3) is 0 Å². The summed E-state index contributed by atoms with van der Waals surface area (Å²) in [6.07, 6.45) is 10.6. The zero-order valence-corrected chi connectivity index (χ0v) is 27.6. The highest BCUT2D eigenvalue weighted by atomic mass is 19.1. The topological polar surface area (TPSA) is 140 Å². The molecule has 0 unspecified atom stereocenters. The number of phenolic OH excluding ortho intramolecular Hbond substituents is 1. The quantitative estimate of drug-likeness (QED) is 0.0832. The Kier molecular flexibility index (Phi) is 13.1. The number of hydrogen-bond donors (Lipinski definition) is 5. The van der Waals surface area contributed by atoms with Crippen LogP contribution in [0.1, 0.15) is 69.5 Å². The van der Waals surface area contributed by atoms with Gasteiger partial charge in [-0.05, 0) is 68.6 Å². The molecule has 5 rings (SSSR count). The predicted molar refractivity (Wildman–Crippen MR) is 186 cm³/mol. The summed E-state index contributed by atoms with van der Waals surface area (Å²) in [6.45, 7) is 3.86. The van der Waals surface area contributed by atoms with Crippen molar-refractivity contribution < 1.29 is 28.5 Å². The van der Waals surface area contributed by atoms with Crippen molar-refractivity contribution in [2.45, 2.75) is 70.0 Å². The largest absolute Gasteiger partial charge is 0.506 e. The van der Waals surface area contributed by atoms with Crippen molar-refractivity contribution in [1.82, 2.24) is 20.2 Å². The van der Waals surface area contributed by atoms with Crippen LogP contribution in [0, 0.1) is 11.6 Å². The standard InChI is InChI=1S/C37H45F2N5O5/c38-26-21-30(25-9-8-17-40-23-25)35(31(39)22-26)43-37(48)49-27-14-19-44(20-15-27)18-7-5-3-1-2-4-6-16-41-24-33(46)28-10-12-32(45)36-29(28)11-13-34(47)42-36/h8-13,17,21-23,27,33,41,45-46H,1-7,14-16,18-20,24H2,(H,42,47)(H,43,48)/t33-/m0/s1. The van der Waals surface area contributed by atoms with E-state index in [2.05, 4.69) is 25.5 Å². The number of nitrogens with one attached hydrogen (secondary N) is 3. The van der Waals surface area contributed by atoms with E-state index in [1.165, 1.54) is 31.2 Å². The van der Waals surface area contributed by atoms with Crippen LogP contribution in [0.15, 0.2) is 65.7 Å². The van der Waals surface area contributed by atoms with Gasteiger partial charge >= 0.3 is 6.09 Å². The fraction of sp³-hybridized carbons (Fsp3) is 0.432. The third-order valence-electron chi connectivity index (χ3n) is 8.99. The van der Waals surface area contributed by atoms with Crippen molar-refractivity contribution in [3.8, 4) is 16.9 Å². The SMILES string of the molecule is O=C(Nc1c(F)cc(F)cc1-c1cccnc1)OC1CCN(CCCCCCCCCNC[C@H](O)c2ccc(O)c3[nH]c(=O)ccc23)CC1. The summed E-state index contributed by atoms with van der Waals surface area (Å²) >= 11 is 0. The van der Waals surface area contributed by atoms with E-state index in [1.807, 2.05) is 0 Å². The Bertz CT molecular complexity index is 1730. The third kappa shape index (κ3) is 10.3. The molecule has 0 bridgehead atoms. The molecule has 0 spiro atoms. The number of carbonyl (C=O) groups is 1. The molecule has 0 radical (unpaired) electrons. The van der Waals surface area contributed by atoms with Crippen LogP contribution < -0.4 is 16.2 Å². The molecule has 10 nitrogen and oxygen atoms in total. The average Bonchev–Trinajstić information content (AvgIpc) is 3.09. The zero-order valence-electron chi connectivity index (χ0n) is 27.6. The lowest BCUT2D eigenvalue weighted by Gasteiger charge is -2.31. The van der Waals surface area contributed by atoms with Crippen molar-refractivity contribution in [2.24, 2.45) is 0 Å². The number of fused-ring (bicyclic) bond motifs is 1. The summed E-state index contributed by atoms with van der Waals surface area (Å²) < 4.78 is 34.2. The molecule has 1 aliphatic rings. The van der Waals surface area contributed by atoms with Gasteiger partial charge in [-0.25, -0.2) is 13.6 Å². The lowest BCUT2D eigenvalue weighted by Crippen LogP contribution is -2.39. The van der Waals surface area contributed by atoms with Gasteiger partial charge < -0.3 is 30.2 Å². The Hall–Kier alpha value is -4.39. The molecule has 1 atom stereocenters. The van der Waals surface area contributed by atoms with E-state index in [0.717, 1.165) is 70.4 Å². The number of ether oxygens (including phenoxy) is 1. The molecule has 49 heavy (non-hydrogen) atoms. The van der Waals surface area contributed by atoms with Crippen LogP contribution in [0.2, 0.25) is 0 Å². The van der Waals surface area contributed by atoms with E-state index in [4.69, 9.17) is 4.74 Å². The molecule has 1 fully saturated rings. The second-order valence-corrected chi connectivity index (χ2v) is 12.6. The van der Waals surface area contributed by atoms with Crippen LogP contribution in [0.25, 0.3) is 22.0 Å². The summed E-state index contributed by atoms with van der Waals surface area (Å²) in [5, 5.41) is 27.1. The van der Waals surface area contributed by atoms with E-state index in [9.17, 15) is 28.6 Å². The Morgan fingerprint density at radius 1 is 1.02 bits per heavy atom. The number of aliphatic hydroxyl groups excluding tert-OH is 1. The number of piperidine rings is 1. The number of pyridine rings is 2. The molecule has 1 amide bonds. The highest BCUT2D eigenvalue weighted by molar-refractivity contribution is 5.92. The Balaban J connectivity index is 0.896. The molecular weight excluding hydrogens is 632 g/mol. The van der Waals surface area contributed by atoms with Crippen molar-refractivity contribution in [2.75, 3.05) is 38.0 Å². The Morgan fingerprint density at radius 3 is 2.53 bits per heavy atom. The molecular formula is C37H45F2N5O5. The summed E-state index contributed by atoms with van der Waals surface area (Å²) in [5.41, 5.74) is 1.24. The fourth-order valence-electron chi connectivity index (χ4n) is 6.35. The molecule has 1 saturated heterocycles. The lowest BCUT2D eigenvalue weighted by atomic mass is 10.0. The number of rotatable bonds is 16. The van der Waals surface area contributed by atoms with Crippen LogP contribution >= 0.6 is 0 Å². The van der Waals surface area contributed by atoms with Gasteiger partial charge in [-0.2, -0.15) is 0 Å². The zero-order chi connectivity index (χ0) is 34.6. The number of amides is 1. The number of likely N-dealkylation sites (tertiary alicyclic amines) is 1. The van der Waals surface area contributed by atoms with Crippen LogP contribution in [0.4, 0.5) is 19.3 Å². The summed E-state index contributed by atoms with van der Waals surface area (Å²) in [7, 11) is 0. The van der Waals surface area contributed by atoms with Gasteiger partial charge in [-0.3, -0.25) is 15.1 Å². The van der Waals surface area contributed by atoms with Crippen molar-refractivity contribution in [3.05, 3.63) is 88.5 Å². The first-order valence-corrected chi connectivity index (χ1v) is 17.1. The number of aromatic hydroxyl groups is 1. The van der Waals surface area contributed by atoms with E-state index in [-0.39, 0.29) is 28.7 Å². The Morgan fingerprint density at radius 2 is 1.78 bits per heavy atom.